The molecule has 1 aromatic rings. The van der Waals surface area contributed by atoms with Gasteiger partial charge in [0.2, 0.25) is 0 Å². The highest BCUT2D eigenvalue weighted by atomic mass is 35.5. The number of allylic oxidation sites excluding steroid dienone is 4. The number of benzene rings is 1. The average molecular weight is 438 g/mol. The Morgan fingerprint density at radius 3 is 2.58 bits per heavy atom. The van der Waals surface area contributed by atoms with Crippen molar-refractivity contribution in [3.05, 3.63) is 76.7 Å². The van der Waals surface area contributed by atoms with Crippen LogP contribution in [0.5, 0.6) is 0 Å². The number of nitrogens with one attached hydrogen (secondary N) is 1. The minimum atomic E-state index is 0.452. The minimum Gasteiger partial charge on any atom is -0.368 e. The van der Waals surface area contributed by atoms with Crippen molar-refractivity contribution in [3.8, 4) is 0 Å². The molecular formula is C27H36ClN3. The second-order valence-corrected chi connectivity index (χ2v) is 9.63. The van der Waals surface area contributed by atoms with Crippen molar-refractivity contribution in [1.82, 2.24) is 15.1 Å². The molecule has 0 radical (unpaired) electrons. The molecule has 4 heteroatoms. The molecule has 1 aromatic carbocycles. The average Bonchev–Trinajstić information content (AvgIpc) is 2.76. The first-order valence-electron chi connectivity index (χ1n) is 11.9. The van der Waals surface area contributed by atoms with Crippen LogP contribution in [0.15, 0.2) is 66.2 Å². The van der Waals surface area contributed by atoms with Gasteiger partial charge >= 0.3 is 0 Å². The number of halogens is 1. The summed E-state index contributed by atoms with van der Waals surface area (Å²) in [6.45, 7) is 11.2. The van der Waals surface area contributed by atoms with E-state index in [0.717, 1.165) is 50.5 Å². The van der Waals surface area contributed by atoms with Crippen LogP contribution < -0.4 is 5.32 Å². The van der Waals surface area contributed by atoms with Gasteiger partial charge in [-0.25, -0.2) is 0 Å². The number of hydrogen-bond acceptors (Lipinski definition) is 3. The molecule has 1 saturated heterocycles. The number of nitrogens with zero attached hydrogens (tertiary/aromatic N) is 2. The lowest BCUT2D eigenvalue weighted by molar-refractivity contribution is 0.291. The molecule has 4 rings (SSSR count). The van der Waals surface area contributed by atoms with Gasteiger partial charge in [-0.1, -0.05) is 68.8 Å². The Hall–Kier alpha value is -1.97. The van der Waals surface area contributed by atoms with Gasteiger partial charge in [0.05, 0.1) is 11.4 Å². The van der Waals surface area contributed by atoms with E-state index in [1.807, 2.05) is 6.07 Å². The summed E-state index contributed by atoms with van der Waals surface area (Å²) in [5.74, 6) is 1.66. The zero-order chi connectivity index (χ0) is 21.8. The van der Waals surface area contributed by atoms with Gasteiger partial charge in [0.25, 0.3) is 0 Å². The summed E-state index contributed by atoms with van der Waals surface area (Å²) in [7, 11) is 0. The molecule has 3 heterocycles. The predicted molar refractivity (Wildman–Crippen MR) is 132 cm³/mol. The fraction of sp³-hybridized carbons (Fsp3) is 0.481. The molecule has 166 valence electrons. The highest BCUT2D eigenvalue weighted by molar-refractivity contribution is 6.30. The number of fused-ring (bicyclic) bond motifs is 1. The van der Waals surface area contributed by atoms with Crippen molar-refractivity contribution in [3.63, 3.8) is 0 Å². The van der Waals surface area contributed by atoms with E-state index in [-0.39, 0.29) is 0 Å². The van der Waals surface area contributed by atoms with Gasteiger partial charge < -0.3 is 15.1 Å². The summed E-state index contributed by atoms with van der Waals surface area (Å²) in [5, 5.41) is 4.30. The topological polar surface area (TPSA) is 18.5 Å². The minimum absolute atomic E-state index is 0.452. The molecule has 3 aliphatic rings. The van der Waals surface area contributed by atoms with Gasteiger partial charge in [-0.2, -0.15) is 0 Å². The predicted octanol–water partition coefficient (Wildman–Crippen LogP) is 6.28. The first-order valence-corrected chi connectivity index (χ1v) is 12.3. The normalized spacial score (nSPS) is 27.2. The third kappa shape index (κ3) is 5.10. The van der Waals surface area contributed by atoms with Crippen molar-refractivity contribution in [2.24, 2.45) is 17.8 Å². The number of piperazine rings is 1. The first kappa shape index (κ1) is 22.2. The third-order valence-electron chi connectivity index (χ3n) is 6.82. The summed E-state index contributed by atoms with van der Waals surface area (Å²) >= 11 is 6.42. The van der Waals surface area contributed by atoms with Crippen molar-refractivity contribution < 1.29 is 0 Å². The summed E-state index contributed by atoms with van der Waals surface area (Å²) < 4.78 is 0. The standard InChI is InChI=1S/C27H36ClN3/c1-4-22-19-27-25(30-15-12-29-13-16-30)11-10-20(2)17-26(23-8-5-9-24(28)18-23)31(27)14-6-7-21(22)3/h5-6,8-9,11,14,17-22,29H,4,7,10,12-13,15-16H2,1-3H3. The largest absolute Gasteiger partial charge is 0.368 e. The van der Waals surface area contributed by atoms with E-state index < -0.39 is 0 Å². The highest BCUT2D eigenvalue weighted by Crippen LogP contribution is 2.38. The van der Waals surface area contributed by atoms with Crippen molar-refractivity contribution in [1.29, 1.82) is 0 Å². The van der Waals surface area contributed by atoms with E-state index >= 15 is 0 Å². The Balaban J connectivity index is 1.86. The van der Waals surface area contributed by atoms with Crippen LogP contribution in [-0.4, -0.2) is 36.0 Å². The van der Waals surface area contributed by atoms with Crippen LogP contribution in [0, 0.1) is 17.8 Å². The second kappa shape index (κ2) is 10.1. The Bertz CT molecular complexity index is 891. The van der Waals surface area contributed by atoms with E-state index in [0.29, 0.717) is 17.8 Å². The summed E-state index contributed by atoms with van der Waals surface area (Å²) in [5.41, 5.74) is 5.13. The molecule has 3 nitrogen and oxygen atoms in total. The molecule has 1 fully saturated rings. The summed E-state index contributed by atoms with van der Waals surface area (Å²) in [6, 6.07) is 8.30. The maximum absolute atomic E-state index is 6.42. The van der Waals surface area contributed by atoms with Gasteiger partial charge in [-0.05, 0) is 54.7 Å². The monoisotopic (exact) mass is 437 g/mol. The lowest BCUT2D eigenvalue weighted by Gasteiger charge is -2.40. The van der Waals surface area contributed by atoms with Crippen molar-refractivity contribution in [2.75, 3.05) is 26.2 Å². The number of hydrogen-bond donors (Lipinski definition) is 1. The van der Waals surface area contributed by atoms with Gasteiger partial charge in [0, 0.05) is 43.1 Å². The van der Waals surface area contributed by atoms with Crippen molar-refractivity contribution in [2.45, 2.75) is 40.0 Å². The quantitative estimate of drug-likeness (QED) is 0.600. The van der Waals surface area contributed by atoms with Crippen LogP contribution >= 0.6 is 11.6 Å². The fourth-order valence-electron chi connectivity index (χ4n) is 4.92. The molecule has 0 saturated carbocycles. The molecule has 31 heavy (non-hydrogen) atoms. The zero-order valence-corrected chi connectivity index (χ0v) is 19.9. The van der Waals surface area contributed by atoms with Crippen LogP contribution in [0.2, 0.25) is 5.02 Å². The molecule has 0 bridgehead atoms. The molecule has 0 spiro atoms. The molecule has 0 aromatic heterocycles. The van der Waals surface area contributed by atoms with Crippen molar-refractivity contribution >= 4 is 17.3 Å². The van der Waals surface area contributed by atoms with E-state index in [4.69, 9.17) is 11.6 Å². The van der Waals surface area contributed by atoms with E-state index in [1.54, 1.807) is 0 Å². The van der Waals surface area contributed by atoms with Gasteiger partial charge in [-0.3, -0.25) is 0 Å². The Morgan fingerprint density at radius 2 is 1.84 bits per heavy atom. The van der Waals surface area contributed by atoms with Gasteiger partial charge in [0.15, 0.2) is 0 Å². The van der Waals surface area contributed by atoms with Gasteiger partial charge in [-0.15, -0.1) is 0 Å². The Morgan fingerprint density at radius 1 is 1.03 bits per heavy atom. The van der Waals surface area contributed by atoms with E-state index in [9.17, 15) is 0 Å². The summed E-state index contributed by atoms with van der Waals surface area (Å²) in [6.07, 6.45) is 15.4. The van der Waals surface area contributed by atoms with Crippen LogP contribution in [0.25, 0.3) is 5.70 Å². The zero-order valence-electron chi connectivity index (χ0n) is 19.2. The second-order valence-electron chi connectivity index (χ2n) is 9.19. The van der Waals surface area contributed by atoms with E-state index in [2.05, 4.69) is 84.6 Å². The van der Waals surface area contributed by atoms with Crippen LogP contribution in [-0.2, 0) is 0 Å². The lowest BCUT2D eigenvalue weighted by Crippen LogP contribution is -2.44. The van der Waals surface area contributed by atoms with E-state index in [1.165, 1.54) is 22.7 Å². The maximum Gasteiger partial charge on any atom is 0.0649 e. The molecule has 0 aliphatic carbocycles. The smallest absolute Gasteiger partial charge is 0.0649 e. The molecule has 0 amide bonds. The third-order valence-corrected chi connectivity index (χ3v) is 7.06. The van der Waals surface area contributed by atoms with Crippen LogP contribution in [0.4, 0.5) is 0 Å². The Kier molecular flexibility index (Phi) is 7.24. The van der Waals surface area contributed by atoms with Crippen LogP contribution in [0.3, 0.4) is 0 Å². The Labute approximate surface area is 193 Å². The lowest BCUT2D eigenvalue weighted by atomic mass is 9.86. The molecule has 1 N–H and O–H groups in total. The molecule has 3 atom stereocenters. The first-order chi connectivity index (χ1) is 15.1. The molecule has 3 unspecified atom stereocenters. The SMILES string of the molecule is CCC1C=C2C(N3CCNCC3)=CCC(C)C=C(c3cccc(Cl)c3)N2C=CCC1C. The number of rotatable bonds is 3. The van der Waals surface area contributed by atoms with Crippen LogP contribution in [0.1, 0.15) is 45.6 Å². The molecule has 3 aliphatic heterocycles. The molecular weight excluding hydrogens is 402 g/mol. The van der Waals surface area contributed by atoms with Gasteiger partial charge in [0.1, 0.15) is 0 Å². The fourth-order valence-corrected chi connectivity index (χ4v) is 5.11. The maximum atomic E-state index is 6.42. The highest BCUT2D eigenvalue weighted by Gasteiger charge is 2.28. The summed E-state index contributed by atoms with van der Waals surface area (Å²) in [4.78, 5) is 5.01.